The van der Waals surface area contributed by atoms with Gasteiger partial charge in [0.2, 0.25) is 0 Å². The Morgan fingerprint density at radius 3 is 1.00 bits per heavy atom. The van der Waals surface area contributed by atoms with Gasteiger partial charge in [-0.25, -0.2) is 0 Å². The van der Waals surface area contributed by atoms with Crippen LogP contribution >= 0.6 is 8.60 Å². The molecule has 3 N–H and O–H groups in total. The predicted molar refractivity (Wildman–Crippen MR) is 13.6 cm³/mol. The average molecular weight is 266 g/mol. The molecule has 0 saturated carbocycles. The number of hydrogen-bond acceptors (Lipinski definition) is 3. The second-order valence-corrected chi connectivity index (χ2v) is 0.805. The van der Waals surface area contributed by atoms with E-state index >= 15 is 0 Å². The van der Waals surface area contributed by atoms with E-state index in [9.17, 15) is 0 Å². The van der Waals surface area contributed by atoms with Crippen molar-refractivity contribution in [2.75, 3.05) is 0 Å². The summed E-state index contributed by atoms with van der Waals surface area (Å²) in [5.74, 6) is 0. The first-order chi connectivity index (χ1) is 1.73. The number of rotatable bonds is 0. The van der Waals surface area contributed by atoms with Crippen LogP contribution in [0.2, 0.25) is 0 Å². The summed E-state index contributed by atoms with van der Waals surface area (Å²) in [6, 6.07) is 0. The van der Waals surface area contributed by atoms with Gasteiger partial charge >= 0.3 is 8.60 Å². The van der Waals surface area contributed by atoms with Crippen molar-refractivity contribution in [3.8, 4) is 0 Å². The Morgan fingerprint density at radius 1 is 1.00 bits per heavy atom. The molecular weight excluding hydrogens is 263 g/mol. The Labute approximate surface area is 44.9 Å². The van der Waals surface area contributed by atoms with Crippen LogP contribution in [0.15, 0.2) is 0 Å². The molecule has 0 rings (SSSR count). The van der Waals surface area contributed by atoms with Crippen molar-refractivity contribution >= 4 is 8.60 Å². The molecule has 0 saturated heterocycles. The van der Waals surface area contributed by atoms with Crippen LogP contribution in [0.5, 0.6) is 0 Å². The van der Waals surface area contributed by atoms with Crippen LogP contribution in [0.1, 0.15) is 0 Å². The molecule has 0 unspecified atom stereocenters. The molecule has 0 fully saturated rings. The van der Waals surface area contributed by atoms with Crippen LogP contribution in [-0.4, -0.2) is 14.7 Å². The Bertz CT molecular complexity index is 11.6. The third-order valence-corrected chi connectivity index (χ3v) is 0. The zero-order valence-electron chi connectivity index (χ0n) is 2.20. The van der Waals surface area contributed by atoms with Gasteiger partial charge in [-0.15, -0.1) is 0 Å². The van der Waals surface area contributed by atoms with Gasteiger partial charge in [0.05, 0.1) is 0 Å². The van der Waals surface area contributed by atoms with E-state index in [2.05, 4.69) is 0 Å². The molecule has 0 atom stereocenters. The fourth-order valence-electron chi connectivity index (χ4n) is 0. The van der Waals surface area contributed by atoms with Crippen LogP contribution in [0.25, 0.3) is 0 Å². The molecule has 5 heteroatoms. The van der Waals surface area contributed by atoms with Crippen molar-refractivity contribution in [2.45, 2.75) is 0 Å². The maximum atomic E-state index is 7.23. The molecule has 0 aliphatic heterocycles. The molecule has 0 aromatic rings. The zero-order valence-corrected chi connectivity index (χ0v) is 6.02. The molecule has 0 aromatic heterocycles. The molecule has 0 aliphatic carbocycles. The minimum atomic E-state index is -2.62. The molecule has 0 aromatic carbocycles. The normalized spacial score (nSPS) is 7.20. The molecular formula is H3O3PW. The quantitative estimate of drug-likeness (QED) is 0.502. The van der Waals surface area contributed by atoms with E-state index < -0.39 is 8.60 Å². The first-order valence-corrected chi connectivity index (χ1v) is 1.80. The van der Waals surface area contributed by atoms with Gasteiger partial charge in [-0.05, 0) is 0 Å². The summed E-state index contributed by atoms with van der Waals surface area (Å²) in [5, 5.41) is 0. The molecule has 3 nitrogen and oxygen atoms in total. The van der Waals surface area contributed by atoms with E-state index in [1.54, 1.807) is 0 Å². The van der Waals surface area contributed by atoms with Crippen LogP contribution in [0.4, 0.5) is 0 Å². The summed E-state index contributed by atoms with van der Waals surface area (Å²) in [5.41, 5.74) is 0. The van der Waals surface area contributed by atoms with Crippen LogP contribution in [0.3, 0.4) is 0 Å². The van der Waals surface area contributed by atoms with Crippen LogP contribution in [-0.2, 0) is 21.1 Å². The fraction of sp³-hybridized carbons (Fsp3) is 0. The zero-order chi connectivity index (χ0) is 3.58. The molecule has 0 spiro atoms. The third kappa shape index (κ3) is 45.1. The monoisotopic (exact) mass is 266 g/mol. The van der Waals surface area contributed by atoms with E-state index in [1.807, 2.05) is 0 Å². The summed E-state index contributed by atoms with van der Waals surface area (Å²) in [6.45, 7) is 0. The van der Waals surface area contributed by atoms with Crippen molar-refractivity contribution < 1.29 is 35.7 Å². The fourth-order valence-corrected chi connectivity index (χ4v) is 0. The molecule has 0 bridgehead atoms. The Morgan fingerprint density at radius 2 is 1.00 bits per heavy atom. The first kappa shape index (κ1) is 9.37. The predicted octanol–water partition coefficient (Wildman–Crippen LogP) is -0.812. The van der Waals surface area contributed by atoms with Gasteiger partial charge < -0.3 is 14.7 Å². The second kappa shape index (κ2) is 5.00. The van der Waals surface area contributed by atoms with Crippen LogP contribution < -0.4 is 0 Å². The SMILES string of the molecule is OP(O)O.[W]. The van der Waals surface area contributed by atoms with Crippen molar-refractivity contribution in [3.63, 3.8) is 0 Å². The van der Waals surface area contributed by atoms with Gasteiger partial charge in [-0.1, -0.05) is 0 Å². The third-order valence-electron chi connectivity index (χ3n) is 0. The minimum Gasteiger partial charge on any atom is -0.328 e. The van der Waals surface area contributed by atoms with Crippen LogP contribution in [0, 0.1) is 0 Å². The summed E-state index contributed by atoms with van der Waals surface area (Å²) in [6.07, 6.45) is 0. The summed E-state index contributed by atoms with van der Waals surface area (Å²) in [4.78, 5) is 21.7. The standard InChI is InChI=1S/H3O3P.W/c1-4(2)3;/h1-3H;. The van der Waals surface area contributed by atoms with E-state index in [0.717, 1.165) is 0 Å². The average Bonchev–Trinajstić information content (AvgIpc) is 0.811. The van der Waals surface area contributed by atoms with Crippen molar-refractivity contribution in [1.29, 1.82) is 0 Å². The summed E-state index contributed by atoms with van der Waals surface area (Å²) in [7, 11) is -2.62. The Balaban J connectivity index is 0. The summed E-state index contributed by atoms with van der Waals surface area (Å²) < 4.78 is 0. The van der Waals surface area contributed by atoms with E-state index in [0.29, 0.717) is 0 Å². The van der Waals surface area contributed by atoms with Crippen molar-refractivity contribution in [1.82, 2.24) is 0 Å². The van der Waals surface area contributed by atoms with E-state index in [-0.39, 0.29) is 21.1 Å². The maximum absolute atomic E-state index is 7.23. The van der Waals surface area contributed by atoms with Gasteiger partial charge in [-0.2, -0.15) is 0 Å². The summed E-state index contributed by atoms with van der Waals surface area (Å²) >= 11 is 0. The molecule has 32 valence electrons. The van der Waals surface area contributed by atoms with Crippen molar-refractivity contribution in [3.05, 3.63) is 0 Å². The largest absolute Gasteiger partial charge is 0.328 e. The van der Waals surface area contributed by atoms with Gasteiger partial charge in [0.15, 0.2) is 0 Å². The Kier molecular flexibility index (Phi) is 9.37. The maximum Gasteiger partial charge on any atom is 0.324 e. The van der Waals surface area contributed by atoms with Gasteiger partial charge in [0.1, 0.15) is 0 Å². The van der Waals surface area contributed by atoms with Gasteiger partial charge in [-0.3, -0.25) is 0 Å². The second-order valence-electron chi connectivity index (χ2n) is 0.268. The smallest absolute Gasteiger partial charge is 0.324 e. The molecule has 0 radical (unpaired) electrons. The Hall–Kier alpha value is 0.998. The topological polar surface area (TPSA) is 60.7 Å². The van der Waals surface area contributed by atoms with Gasteiger partial charge in [0, 0.05) is 21.1 Å². The van der Waals surface area contributed by atoms with E-state index in [1.165, 1.54) is 0 Å². The number of hydrogen-bond donors (Lipinski definition) is 3. The molecule has 0 amide bonds. The minimum absolute atomic E-state index is 0. The first-order valence-electron chi connectivity index (χ1n) is 0.600. The molecule has 0 aliphatic rings. The van der Waals surface area contributed by atoms with Gasteiger partial charge in [0.25, 0.3) is 0 Å². The molecule has 0 heterocycles. The molecule has 5 heavy (non-hydrogen) atoms. The van der Waals surface area contributed by atoms with Crippen molar-refractivity contribution in [2.24, 2.45) is 0 Å². The van der Waals surface area contributed by atoms with E-state index in [4.69, 9.17) is 14.7 Å².